The first-order chi connectivity index (χ1) is 8.31. The number of hydrogen-bond acceptors (Lipinski definition) is 5. The maximum Gasteiger partial charge on any atom is 0.222 e. The van der Waals surface area contributed by atoms with Gasteiger partial charge in [-0.25, -0.2) is 4.98 Å². The molecule has 90 valence electrons. The highest BCUT2D eigenvalue weighted by atomic mass is 32.2. The molecule has 0 fully saturated rings. The fourth-order valence-corrected chi connectivity index (χ4v) is 2.09. The summed E-state index contributed by atoms with van der Waals surface area (Å²) >= 11 is 1.85. The number of fused-ring (bicyclic) bond motifs is 1. The molecule has 1 heterocycles. The molecule has 4 nitrogen and oxygen atoms in total. The van der Waals surface area contributed by atoms with E-state index in [4.69, 9.17) is 5.73 Å². The first-order valence-corrected chi connectivity index (χ1v) is 6.95. The van der Waals surface area contributed by atoms with Gasteiger partial charge < -0.3 is 11.1 Å². The van der Waals surface area contributed by atoms with Gasteiger partial charge in [0.1, 0.15) is 5.82 Å². The zero-order chi connectivity index (χ0) is 12.1. The second kappa shape index (κ2) is 5.72. The number of nitrogens with two attached hydrogens (primary N) is 1. The van der Waals surface area contributed by atoms with Crippen molar-refractivity contribution in [1.29, 1.82) is 0 Å². The van der Waals surface area contributed by atoms with Crippen LogP contribution in [0.2, 0.25) is 0 Å². The van der Waals surface area contributed by atoms with Crippen LogP contribution < -0.4 is 11.1 Å². The highest BCUT2D eigenvalue weighted by Gasteiger charge is 2.04. The third kappa shape index (κ3) is 3.00. The zero-order valence-corrected chi connectivity index (χ0v) is 10.6. The Labute approximate surface area is 105 Å². The van der Waals surface area contributed by atoms with Crippen LogP contribution in [-0.2, 0) is 0 Å². The molecule has 0 spiro atoms. The van der Waals surface area contributed by atoms with Gasteiger partial charge in [0.15, 0.2) is 0 Å². The lowest BCUT2D eigenvalue weighted by Gasteiger charge is -2.08. The molecule has 0 aliphatic heterocycles. The molecule has 0 aliphatic carbocycles. The van der Waals surface area contributed by atoms with Crippen molar-refractivity contribution in [3.8, 4) is 0 Å². The van der Waals surface area contributed by atoms with Crippen LogP contribution in [0, 0.1) is 0 Å². The Balaban J connectivity index is 2.20. The molecule has 0 unspecified atom stereocenters. The number of nitrogens with one attached hydrogen (secondary N) is 1. The Hall–Kier alpha value is -1.49. The van der Waals surface area contributed by atoms with Gasteiger partial charge in [-0.3, -0.25) is 0 Å². The van der Waals surface area contributed by atoms with E-state index in [1.54, 1.807) is 0 Å². The summed E-state index contributed by atoms with van der Waals surface area (Å²) in [5, 5.41) is 4.34. The summed E-state index contributed by atoms with van der Waals surface area (Å²) in [6, 6.07) is 7.88. The van der Waals surface area contributed by atoms with Gasteiger partial charge in [-0.1, -0.05) is 12.1 Å². The molecule has 0 aliphatic rings. The number of hydrogen-bond donors (Lipinski definition) is 2. The van der Waals surface area contributed by atoms with E-state index in [1.165, 1.54) is 0 Å². The second-order valence-corrected chi connectivity index (χ2v) is 4.71. The molecular formula is C12H16N4S. The van der Waals surface area contributed by atoms with Crippen LogP contribution in [0.4, 0.5) is 11.8 Å². The number of rotatable bonds is 5. The van der Waals surface area contributed by atoms with Gasteiger partial charge in [-0.05, 0) is 30.6 Å². The van der Waals surface area contributed by atoms with E-state index in [0.717, 1.165) is 35.4 Å². The van der Waals surface area contributed by atoms with Crippen LogP contribution in [0.1, 0.15) is 6.42 Å². The molecule has 2 aromatic rings. The van der Waals surface area contributed by atoms with Crippen molar-refractivity contribution in [3.63, 3.8) is 0 Å². The predicted molar refractivity (Wildman–Crippen MR) is 75.4 cm³/mol. The predicted octanol–water partition coefficient (Wildman–Crippen LogP) is 2.38. The Morgan fingerprint density at radius 1 is 1.29 bits per heavy atom. The maximum atomic E-state index is 5.69. The lowest BCUT2D eigenvalue weighted by molar-refractivity contribution is 0.983. The number of nitrogen functional groups attached to an aromatic ring is 1. The Kier molecular flexibility index (Phi) is 4.03. The number of aromatic nitrogens is 2. The van der Waals surface area contributed by atoms with Gasteiger partial charge >= 0.3 is 0 Å². The van der Waals surface area contributed by atoms with Crippen molar-refractivity contribution in [2.24, 2.45) is 0 Å². The van der Waals surface area contributed by atoms with Gasteiger partial charge in [0.05, 0.1) is 5.52 Å². The highest BCUT2D eigenvalue weighted by Crippen LogP contribution is 2.20. The molecule has 0 atom stereocenters. The van der Waals surface area contributed by atoms with Crippen molar-refractivity contribution in [3.05, 3.63) is 24.3 Å². The topological polar surface area (TPSA) is 63.8 Å². The maximum absolute atomic E-state index is 5.69. The summed E-state index contributed by atoms with van der Waals surface area (Å²) in [4.78, 5) is 8.45. The third-order valence-electron chi connectivity index (χ3n) is 2.44. The number of para-hydroxylation sites is 1. The molecule has 1 aromatic heterocycles. The molecule has 17 heavy (non-hydrogen) atoms. The van der Waals surface area contributed by atoms with E-state index in [-0.39, 0.29) is 0 Å². The van der Waals surface area contributed by atoms with E-state index in [1.807, 2.05) is 36.0 Å². The highest BCUT2D eigenvalue weighted by molar-refractivity contribution is 7.98. The van der Waals surface area contributed by atoms with Crippen LogP contribution in [0.3, 0.4) is 0 Å². The third-order valence-corrected chi connectivity index (χ3v) is 3.14. The van der Waals surface area contributed by atoms with Crippen LogP contribution in [0.15, 0.2) is 24.3 Å². The van der Waals surface area contributed by atoms with E-state index in [2.05, 4.69) is 21.5 Å². The number of benzene rings is 1. The Morgan fingerprint density at radius 2 is 2.12 bits per heavy atom. The van der Waals surface area contributed by atoms with Crippen molar-refractivity contribution in [1.82, 2.24) is 9.97 Å². The standard InChI is InChI=1S/C12H16N4S/c1-17-8-4-7-14-11-9-5-2-3-6-10(9)15-12(13)16-11/h2-3,5-6H,4,7-8H2,1H3,(H3,13,14,15,16). The molecule has 0 amide bonds. The lowest BCUT2D eigenvalue weighted by Crippen LogP contribution is -2.07. The molecule has 2 rings (SSSR count). The molecule has 0 saturated heterocycles. The fourth-order valence-electron chi connectivity index (χ4n) is 1.65. The van der Waals surface area contributed by atoms with Crippen LogP contribution in [0.25, 0.3) is 10.9 Å². The molecular weight excluding hydrogens is 232 g/mol. The first kappa shape index (κ1) is 12.0. The minimum atomic E-state index is 0.316. The molecule has 0 bridgehead atoms. The molecule has 3 N–H and O–H groups in total. The smallest absolute Gasteiger partial charge is 0.222 e. The number of nitrogens with zero attached hydrogens (tertiary/aromatic N) is 2. The van der Waals surface area contributed by atoms with Crippen molar-refractivity contribution >= 4 is 34.4 Å². The average molecular weight is 248 g/mol. The van der Waals surface area contributed by atoms with Crippen LogP contribution >= 0.6 is 11.8 Å². The fraction of sp³-hybridized carbons (Fsp3) is 0.333. The van der Waals surface area contributed by atoms with Gasteiger partial charge in [0.2, 0.25) is 5.95 Å². The summed E-state index contributed by atoms with van der Waals surface area (Å²) in [5.74, 6) is 2.29. The summed E-state index contributed by atoms with van der Waals surface area (Å²) in [6.45, 7) is 0.904. The second-order valence-electron chi connectivity index (χ2n) is 3.72. The minimum Gasteiger partial charge on any atom is -0.369 e. The van der Waals surface area contributed by atoms with Gasteiger partial charge in [-0.15, -0.1) is 0 Å². The summed E-state index contributed by atoms with van der Waals surface area (Å²) in [6.07, 6.45) is 3.22. The van der Waals surface area contributed by atoms with E-state index < -0.39 is 0 Å². The molecule has 5 heteroatoms. The normalized spacial score (nSPS) is 10.6. The average Bonchev–Trinajstić information content (AvgIpc) is 2.34. The van der Waals surface area contributed by atoms with Gasteiger partial charge in [0, 0.05) is 11.9 Å². The number of thioether (sulfide) groups is 1. The zero-order valence-electron chi connectivity index (χ0n) is 9.81. The van der Waals surface area contributed by atoms with E-state index in [0.29, 0.717) is 5.95 Å². The van der Waals surface area contributed by atoms with Crippen LogP contribution in [-0.4, -0.2) is 28.5 Å². The SMILES string of the molecule is CSCCCNc1nc(N)nc2ccccc12. The Morgan fingerprint density at radius 3 is 2.94 bits per heavy atom. The minimum absolute atomic E-state index is 0.316. The molecule has 1 aromatic carbocycles. The largest absolute Gasteiger partial charge is 0.369 e. The monoisotopic (exact) mass is 248 g/mol. The summed E-state index contributed by atoms with van der Waals surface area (Å²) < 4.78 is 0. The van der Waals surface area contributed by atoms with Gasteiger partial charge in [-0.2, -0.15) is 16.7 Å². The lowest BCUT2D eigenvalue weighted by atomic mass is 10.2. The van der Waals surface area contributed by atoms with Crippen LogP contribution in [0.5, 0.6) is 0 Å². The molecule has 0 saturated carbocycles. The van der Waals surface area contributed by atoms with Crippen molar-refractivity contribution in [2.75, 3.05) is 29.6 Å². The Bertz CT molecular complexity index is 501. The van der Waals surface area contributed by atoms with Crippen molar-refractivity contribution < 1.29 is 0 Å². The van der Waals surface area contributed by atoms with E-state index >= 15 is 0 Å². The quantitative estimate of drug-likeness (QED) is 0.795. The number of anilines is 2. The van der Waals surface area contributed by atoms with E-state index in [9.17, 15) is 0 Å². The van der Waals surface area contributed by atoms with Gasteiger partial charge in [0.25, 0.3) is 0 Å². The summed E-state index contributed by atoms with van der Waals surface area (Å²) in [7, 11) is 0. The first-order valence-electron chi connectivity index (χ1n) is 5.56. The van der Waals surface area contributed by atoms with Crippen molar-refractivity contribution in [2.45, 2.75) is 6.42 Å². The molecule has 0 radical (unpaired) electrons. The summed E-state index contributed by atoms with van der Waals surface area (Å²) in [5.41, 5.74) is 6.57.